The Kier molecular flexibility index (Phi) is 5.37. The van der Waals surface area contributed by atoms with Crippen LogP contribution in [0.2, 0.25) is 0 Å². The van der Waals surface area contributed by atoms with Crippen LogP contribution in [-0.4, -0.2) is 4.57 Å². The minimum Gasteiger partial charge on any atom is -0.456 e. The third-order valence-corrected chi connectivity index (χ3v) is 10.4. The molecule has 7 aromatic carbocycles. The summed E-state index contributed by atoms with van der Waals surface area (Å²) >= 11 is 0. The van der Waals surface area contributed by atoms with Crippen LogP contribution in [0.3, 0.4) is 0 Å². The van der Waals surface area contributed by atoms with Gasteiger partial charge in [0.1, 0.15) is 11.2 Å². The van der Waals surface area contributed by atoms with E-state index in [2.05, 4.69) is 164 Å². The molecule has 1 aliphatic rings. The van der Waals surface area contributed by atoms with Crippen molar-refractivity contribution in [2.45, 2.75) is 19.3 Å². The minimum absolute atomic E-state index is 0.133. The fourth-order valence-corrected chi connectivity index (χ4v) is 8.02. The second-order valence-corrected chi connectivity index (χ2v) is 13.4. The van der Waals surface area contributed by atoms with Crippen molar-refractivity contribution in [2.75, 3.05) is 0 Å². The molecule has 1 aliphatic carbocycles. The lowest BCUT2D eigenvalue weighted by atomic mass is 9.82. The fraction of sp³-hybridized carbons (Fsp3) is 0.0667. The van der Waals surface area contributed by atoms with Gasteiger partial charge in [-0.25, -0.2) is 0 Å². The third kappa shape index (κ3) is 3.79. The summed E-state index contributed by atoms with van der Waals surface area (Å²) in [5, 5.41) is 4.85. The zero-order chi connectivity index (χ0) is 31.3. The van der Waals surface area contributed by atoms with Gasteiger partial charge >= 0.3 is 0 Å². The van der Waals surface area contributed by atoms with Crippen LogP contribution >= 0.6 is 0 Å². The molecular weight excluding hydrogens is 571 g/mol. The molecule has 0 bridgehead atoms. The van der Waals surface area contributed by atoms with Gasteiger partial charge in [-0.1, -0.05) is 111 Å². The number of furan rings is 1. The van der Waals surface area contributed by atoms with Gasteiger partial charge in [0.15, 0.2) is 0 Å². The van der Waals surface area contributed by atoms with Crippen molar-refractivity contribution >= 4 is 43.7 Å². The maximum Gasteiger partial charge on any atom is 0.135 e. The van der Waals surface area contributed by atoms with E-state index in [1.807, 2.05) is 6.07 Å². The molecule has 222 valence electrons. The van der Waals surface area contributed by atoms with Crippen molar-refractivity contribution in [3.63, 3.8) is 0 Å². The van der Waals surface area contributed by atoms with Crippen LogP contribution in [0.25, 0.3) is 82.8 Å². The SMILES string of the molecule is CC1(C)c2ccc(-n3c4ccc(-c5ccccc5)cc4c4cc(-c5ccccc5)ccc43)cc2-c2cc3c(cc21)oc1ccccc13. The van der Waals surface area contributed by atoms with Gasteiger partial charge in [-0.3, -0.25) is 0 Å². The first-order valence-corrected chi connectivity index (χ1v) is 16.3. The number of aromatic nitrogens is 1. The summed E-state index contributed by atoms with van der Waals surface area (Å²) in [6.45, 7) is 4.67. The molecule has 10 rings (SSSR count). The highest BCUT2D eigenvalue weighted by atomic mass is 16.3. The highest BCUT2D eigenvalue weighted by Crippen LogP contribution is 2.51. The van der Waals surface area contributed by atoms with Crippen molar-refractivity contribution < 1.29 is 4.42 Å². The first kappa shape index (κ1) is 26.4. The van der Waals surface area contributed by atoms with Crippen LogP contribution in [0.4, 0.5) is 0 Å². The van der Waals surface area contributed by atoms with E-state index in [1.54, 1.807) is 0 Å². The molecule has 0 spiro atoms. The molecule has 0 saturated heterocycles. The van der Waals surface area contributed by atoms with Crippen LogP contribution in [0.1, 0.15) is 25.0 Å². The summed E-state index contributed by atoms with van der Waals surface area (Å²) < 4.78 is 8.78. The van der Waals surface area contributed by atoms with E-state index in [4.69, 9.17) is 4.42 Å². The van der Waals surface area contributed by atoms with Gasteiger partial charge in [-0.15, -0.1) is 0 Å². The molecule has 2 heteroatoms. The third-order valence-electron chi connectivity index (χ3n) is 10.4. The lowest BCUT2D eigenvalue weighted by Gasteiger charge is -2.21. The first-order valence-electron chi connectivity index (χ1n) is 16.3. The molecule has 0 atom stereocenters. The van der Waals surface area contributed by atoms with Crippen molar-refractivity contribution in [1.82, 2.24) is 4.57 Å². The molecule has 2 aromatic heterocycles. The molecule has 2 heterocycles. The second-order valence-electron chi connectivity index (χ2n) is 13.4. The molecular formula is C45H31NO. The van der Waals surface area contributed by atoms with Crippen molar-refractivity contribution in [3.05, 3.63) is 163 Å². The number of benzene rings is 7. The van der Waals surface area contributed by atoms with Crippen LogP contribution in [0.15, 0.2) is 156 Å². The highest BCUT2D eigenvalue weighted by Gasteiger charge is 2.36. The van der Waals surface area contributed by atoms with Crippen LogP contribution < -0.4 is 0 Å². The molecule has 0 fully saturated rings. The van der Waals surface area contributed by atoms with Crippen LogP contribution in [-0.2, 0) is 5.41 Å². The van der Waals surface area contributed by atoms with Crippen LogP contribution in [0, 0.1) is 0 Å². The Morgan fingerprint density at radius 1 is 0.426 bits per heavy atom. The minimum atomic E-state index is -0.133. The number of hydrogen-bond donors (Lipinski definition) is 0. The van der Waals surface area contributed by atoms with Crippen molar-refractivity contribution in [2.24, 2.45) is 0 Å². The Bertz CT molecular complexity index is 2590. The van der Waals surface area contributed by atoms with E-state index in [9.17, 15) is 0 Å². The van der Waals surface area contributed by atoms with Gasteiger partial charge in [-0.05, 0) is 99.1 Å². The first-order chi connectivity index (χ1) is 23.0. The van der Waals surface area contributed by atoms with Gasteiger partial charge in [0.05, 0.1) is 11.0 Å². The summed E-state index contributed by atoms with van der Waals surface area (Å²) in [6, 6.07) is 55.3. The Morgan fingerprint density at radius 2 is 1.02 bits per heavy atom. The predicted octanol–water partition coefficient (Wildman–Crippen LogP) is 12.3. The fourth-order valence-electron chi connectivity index (χ4n) is 8.02. The molecule has 47 heavy (non-hydrogen) atoms. The van der Waals surface area contributed by atoms with E-state index in [0.29, 0.717) is 0 Å². The maximum absolute atomic E-state index is 6.33. The van der Waals surface area contributed by atoms with Gasteiger partial charge < -0.3 is 8.98 Å². The van der Waals surface area contributed by atoms with Gasteiger partial charge in [0.2, 0.25) is 0 Å². The Labute approximate surface area is 273 Å². The van der Waals surface area contributed by atoms with E-state index < -0.39 is 0 Å². The summed E-state index contributed by atoms with van der Waals surface area (Å²) in [7, 11) is 0. The largest absolute Gasteiger partial charge is 0.456 e. The molecule has 0 radical (unpaired) electrons. The zero-order valence-electron chi connectivity index (χ0n) is 26.3. The normalized spacial score (nSPS) is 13.5. The Hall–Kier alpha value is -5.86. The quantitative estimate of drug-likeness (QED) is 0.197. The summed E-state index contributed by atoms with van der Waals surface area (Å²) in [6.07, 6.45) is 0. The monoisotopic (exact) mass is 601 g/mol. The highest BCUT2D eigenvalue weighted by molar-refractivity contribution is 6.12. The number of rotatable bonds is 3. The number of hydrogen-bond acceptors (Lipinski definition) is 1. The second kappa shape index (κ2) is 9.57. The average Bonchev–Trinajstić information content (AvgIpc) is 3.72. The predicted molar refractivity (Wildman–Crippen MR) is 196 cm³/mol. The number of nitrogens with zero attached hydrogens (tertiary/aromatic N) is 1. The molecule has 0 saturated carbocycles. The van der Waals surface area contributed by atoms with E-state index >= 15 is 0 Å². The van der Waals surface area contributed by atoms with Crippen LogP contribution in [0.5, 0.6) is 0 Å². The topological polar surface area (TPSA) is 18.1 Å². The van der Waals surface area contributed by atoms with E-state index in [-0.39, 0.29) is 5.41 Å². The lowest BCUT2D eigenvalue weighted by molar-refractivity contribution is 0.647. The van der Waals surface area contributed by atoms with E-state index in [1.165, 1.54) is 82.8 Å². The molecule has 9 aromatic rings. The zero-order valence-corrected chi connectivity index (χ0v) is 26.3. The maximum atomic E-state index is 6.33. The van der Waals surface area contributed by atoms with Gasteiger partial charge in [0.25, 0.3) is 0 Å². The van der Waals surface area contributed by atoms with E-state index in [0.717, 1.165) is 11.2 Å². The number of para-hydroxylation sites is 1. The number of fused-ring (bicyclic) bond motifs is 9. The summed E-state index contributed by atoms with van der Waals surface area (Å²) in [4.78, 5) is 0. The Morgan fingerprint density at radius 3 is 1.68 bits per heavy atom. The smallest absolute Gasteiger partial charge is 0.135 e. The summed E-state index contributed by atoms with van der Waals surface area (Å²) in [5.41, 5.74) is 15.5. The molecule has 0 amide bonds. The van der Waals surface area contributed by atoms with Gasteiger partial charge in [0, 0.05) is 32.6 Å². The standard InChI is InChI=1S/C45H31NO/c1-45(2)39-20-19-32(25-34(39)35-26-38-33-15-9-10-16-43(33)47-44(38)27-40(35)45)46-41-21-17-30(28-11-5-3-6-12-28)23-36(41)37-24-31(18-22-42(37)46)29-13-7-4-8-14-29/h3-27H,1-2H3. The molecule has 0 N–H and O–H groups in total. The molecule has 2 nitrogen and oxygen atoms in total. The van der Waals surface area contributed by atoms with Crippen molar-refractivity contribution in [3.8, 4) is 39.1 Å². The average molecular weight is 602 g/mol. The molecule has 0 aliphatic heterocycles. The van der Waals surface area contributed by atoms with Crippen molar-refractivity contribution in [1.29, 1.82) is 0 Å². The lowest BCUT2D eigenvalue weighted by Crippen LogP contribution is -2.14. The molecule has 0 unspecified atom stereocenters. The van der Waals surface area contributed by atoms with Gasteiger partial charge in [-0.2, -0.15) is 0 Å². The Balaban J connectivity index is 1.22. The summed E-state index contributed by atoms with van der Waals surface area (Å²) in [5.74, 6) is 0.